The summed E-state index contributed by atoms with van der Waals surface area (Å²) >= 11 is 0. The van der Waals surface area contributed by atoms with Crippen LogP contribution in [0.2, 0.25) is 0 Å². The van der Waals surface area contributed by atoms with Crippen LogP contribution in [0, 0.1) is 0 Å². The predicted molar refractivity (Wildman–Crippen MR) is 105 cm³/mol. The van der Waals surface area contributed by atoms with Crippen LogP contribution in [-0.4, -0.2) is 44.3 Å². The summed E-state index contributed by atoms with van der Waals surface area (Å²) in [5.41, 5.74) is 4.48. The Kier molecular flexibility index (Phi) is 5.84. The van der Waals surface area contributed by atoms with E-state index in [1.54, 1.807) is 45.0 Å². The summed E-state index contributed by atoms with van der Waals surface area (Å²) in [5, 5.41) is 2.66. The number of nitrogens with two attached hydrogens (primary N) is 1. The minimum atomic E-state index is -1.86. The summed E-state index contributed by atoms with van der Waals surface area (Å²) < 4.78 is 21.2. The zero-order valence-electron chi connectivity index (χ0n) is 17.2. The molecule has 0 saturated carbocycles. The van der Waals surface area contributed by atoms with Crippen LogP contribution >= 0.6 is 0 Å². The number of hydrogen-bond donors (Lipinski definition) is 2. The molecule has 0 aliphatic carbocycles. The fourth-order valence-corrected chi connectivity index (χ4v) is 3.69. The van der Waals surface area contributed by atoms with E-state index in [1.807, 2.05) is 0 Å². The van der Waals surface area contributed by atoms with Crippen LogP contribution < -0.4 is 15.8 Å². The smallest absolute Gasteiger partial charge is 0.341 e. The third kappa shape index (κ3) is 3.30. The number of amides is 1. The highest BCUT2D eigenvalue weighted by Crippen LogP contribution is 2.51. The maximum Gasteiger partial charge on any atom is 0.341 e. The van der Waals surface area contributed by atoms with Crippen molar-refractivity contribution in [3.05, 3.63) is 52.6 Å². The molecule has 1 spiro atoms. The van der Waals surface area contributed by atoms with E-state index in [9.17, 15) is 14.4 Å². The van der Waals surface area contributed by atoms with Crippen LogP contribution in [0.1, 0.15) is 26.3 Å². The van der Waals surface area contributed by atoms with Gasteiger partial charge in [0.25, 0.3) is 0 Å². The first-order valence-corrected chi connectivity index (χ1v) is 9.42. The van der Waals surface area contributed by atoms with E-state index >= 15 is 0 Å². The quantitative estimate of drug-likeness (QED) is 0.520. The molecule has 9 heteroatoms. The number of benzene rings is 1. The number of allylic oxidation sites excluding steroid dienone is 1. The van der Waals surface area contributed by atoms with Crippen molar-refractivity contribution in [2.45, 2.75) is 32.3 Å². The van der Waals surface area contributed by atoms with E-state index in [2.05, 4.69) is 5.32 Å². The maximum atomic E-state index is 13.4. The molecule has 1 aromatic carbocycles. The van der Waals surface area contributed by atoms with Gasteiger partial charge in [-0.1, -0.05) is 18.2 Å². The van der Waals surface area contributed by atoms with Crippen LogP contribution in [0.5, 0.6) is 5.75 Å². The van der Waals surface area contributed by atoms with E-state index < -0.39 is 29.4 Å². The third-order valence-electron chi connectivity index (χ3n) is 4.80. The fraction of sp³-hybridized carbons (Fsp3) is 0.381. The second kappa shape index (κ2) is 8.19. The molecular formula is C21H24N2O7. The largest absolute Gasteiger partial charge is 0.460 e. The Bertz CT molecular complexity index is 964. The van der Waals surface area contributed by atoms with E-state index in [1.165, 1.54) is 7.11 Å². The Labute approximate surface area is 173 Å². The lowest BCUT2D eigenvalue weighted by Gasteiger charge is -2.36. The van der Waals surface area contributed by atoms with Crippen molar-refractivity contribution in [3.63, 3.8) is 0 Å². The number of ether oxygens (including phenoxy) is 4. The molecule has 1 amide bonds. The maximum absolute atomic E-state index is 13.4. The monoisotopic (exact) mass is 416 g/mol. The molecule has 9 nitrogen and oxygen atoms in total. The van der Waals surface area contributed by atoms with Gasteiger partial charge in [0.15, 0.2) is 0 Å². The van der Waals surface area contributed by atoms with Gasteiger partial charge in [-0.2, -0.15) is 0 Å². The van der Waals surface area contributed by atoms with Crippen LogP contribution in [0.3, 0.4) is 0 Å². The number of nitrogens with one attached hydrogen (secondary N) is 1. The van der Waals surface area contributed by atoms with E-state index in [-0.39, 0.29) is 41.7 Å². The standard InChI is InChI=1S/C21H24N2O7/c1-11(2)29-19(25)15-12(3)23-20(26)21(15)13-7-5-6-8-14(13)30-17(22)16(21)18(24)28-10-9-27-4/h5-8,11H,9-10,22H2,1-4H3,(H,23,26)/t21-/m0/s1. The van der Waals surface area contributed by atoms with Crippen molar-refractivity contribution in [2.24, 2.45) is 5.73 Å². The molecule has 0 saturated heterocycles. The molecule has 3 N–H and O–H groups in total. The van der Waals surface area contributed by atoms with Gasteiger partial charge in [-0.05, 0) is 26.8 Å². The van der Waals surface area contributed by atoms with Crippen molar-refractivity contribution in [3.8, 4) is 5.75 Å². The van der Waals surface area contributed by atoms with Gasteiger partial charge in [-0.3, -0.25) is 4.79 Å². The second-order valence-electron chi connectivity index (χ2n) is 7.12. The zero-order valence-corrected chi connectivity index (χ0v) is 17.2. The fourth-order valence-electron chi connectivity index (χ4n) is 3.69. The molecule has 1 aromatic rings. The van der Waals surface area contributed by atoms with Crippen molar-refractivity contribution in [2.75, 3.05) is 20.3 Å². The molecule has 0 unspecified atom stereocenters. The Morgan fingerprint density at radius 2 is 1.87 bits per heavy atom. The Balaban J connectivity index is 2.25. The van der Waals surface area contributed by atoms with Crippen LogP contribution in [0.15, 0.2) is 47.0 Å². The molecule has 2 aliphatic rings. The summed E-state index contributed by atoms with van der Waals surface area (Å²) in [6.45, 7) is 5.01. The predicted octanol–water partition coefficient (Wildman–Crippen LogP) is 1.03. The van der Waals surface area contributed by atoms with Gasteiger partial charge in [-0.25, -0.2) is 9.59 Å². The van der Waals surface area contributed by atoms with Gasteiger partial charge in [0.05, 0.1) is 18.3 Å². The molecule has 0 fully saturated rings. The molecule has 0 aromatic heterocycles. The van der Waals surface area contributed by atoms with Crippen molar-refractivity contribution in [1.29, 1.82) is 0 Å². The zero-order chi connectivity index (χ0) is 22.1. The summed E-state index contributed by atoms with van der Waals surface area (Å²) in [6.07, 6.45) is -0.445. The molecular weight excluding hydrogens is 392 g/mol. The van der Waals surface area contributed by atoms with Crippen molar-refractivity contribution >= 4 is 17.8 Å². The minimum absolute atomic E-state index is 0.0291. The van der Waals surface area contributed by atoms with E-state index in [4.69, 9.17) is 24.7 Å². The number of hydrogen-bond acceptors (Lipinski definition) is 8. The Morgan fingerprint density at radius 3 is 2.53 bits per heavy atom. The summed E-state index contributed by atoms with van der Waals surface area (Å²) in [5.74, 6) is -2.32. The minimum Gasteiger partial charge on any atom is -0.460 e. The van der Waals surface area contributed by atoms with E-state index in [0.717, 1.165) is 0 Å². The first-order chi connectivity index (χ1) is 14.2. The molecule has 160 valence electrons. The first kappa shape index (κ1) is 21.4. The second-order valence-corrected chi connectivity index (χ2v) is 7.12. The molecule has 1 atom stereocenters. The van der Waals surface area contributed by atoms with E-state index in [0.29, 0.717) is 5.56 Å². The highest BCUT2D eigenvalue weighted by atomic mass is 16.6. The van der Waals surface area contributed by atoms with Crippen LogP contribution in [-0.2, 0) is 34.0 Å². The van der Waals surface area contributed by atoms with Gasteiger partial charge < -0.3 is 30.0 Å². The molecule has 3 rings (SSSR count). The molecule has 2 aliphatic heterocycles. The SMILES string of the molecule is COCCOC(=O)C1=C(N)Oc2ccccc2[C@@]12C(=O)NC(C)=C2C(=O)OC(C)C. The first-order valence-electron chi connectivity index (χ1n) is 9.42. The third-order valence-corrected chi connectivity index (χ3v) is 4.80. The van der Waals surface area contributed by atoms with Crippen molar-refractivity contribution in [1.82, 2.24) is 5.32 Å². The van der Waals surface area contributed by atoms with Gasteiger partial charge in [0, 0.05) is 18.4 Å². The van der Waals surface area contributed by atoms with Gasteiger partial charge in [0.1, 0.15) is 23.3 Å². The van der Waals surface area contributed by atoms with Gasteiger partial charge >= 0.3 is 11.9 Å². The number of fused-ring (bicyclic) bond motifs is 2. The molecule has 0 radical (unpaired) electrons. The number of carbonyl (C=O) groups excluding carboxylic acids is 3. The highest BCUT2D eigenvalue weighted by Gasteiger charge is 2.61. The number of methoxy groups -OCH3 is 1. The van der Waals surface area contributed by atoms with Gasteiger partial charge in [-0.15, -0.1) is 0 Å². The lowest BCUT2D eigenvalue weighted by molar-refractivity contribution is -0.145. The summed E-state index contributed by atoms with van der Waals surface area (Å²) in [7, 11) is 1.46. The highest BCUT2D eigenvalue weighted by molar-refractivity contribution is 6.17. The van der Waals surface area contributed by atoms with Crippen LogP contribution in [0.25, 0.3) is 0 Å². The number of rotatable bonds is 6. The summed E-state index contributed by atoms with van der Waals surface area (Å²) in [4.78, 5) is 39.5. The Hall–Kier alpha value is -3.33. The number of para-hydroxylation sites is 1. The average molecular weight is 416 g/mol. The normalized spacial score (nSPS) is 20.2. The Morgan fingerprint density at radius 1 is 1.17 bits per heavy atom. The number of carbonyl (C=O) groups is 3. The molecule has 2 heterocycles. The number of esters is 2. The van der Waals surface area contributed by atoms with Crippen LogP contribution in [0.4, 0.5) is 0 Å². The summed E-state index contributed by atoms with van der Waals surface area (Å²) in [6, 6.07) is 6.57. The lowest BCUT2D eigenvalue weighted by Crippen LogP contribution is -2.49. The topological polar surface area (TPSA) is 126 Å². The van der Waals surface area contributed by atoms with Crippen molar-refractivity contribution < 1.29 is 33.3 Å². The molecule has 30 heavy (non-hydrogen) atoms. The lowest BCUT2D eigenvalue weighted by atomic mass is 9.67. The average Bonchev–Trinajstić information content (AvgIpc) is 2.92. The molecule has 0 bridgehead atoms. The van der Waals surface area contributed by atoms with Gasteiger partial charge in [0.2, 0.25) is 11.8 Å².